The molecule has 0 fully saturated rings. The van der Waals surface area contributed by atoms with E-state index in [4.69, 9.17) is 9.47 Å². The molecule has 0 bridgehead atoms. The molecule has 1 atom stereocenters. The molecule has 4 nitrogen and oxygen atoms in total. The fourth-order valence-electron chi connectivity index (χ4n) is 1.28. The van der Waals surface area contributed by atoms with Crippen LogP contribution in [0.25, 0.3) is 0 Å². The zero-order chi connectivity index (χ0) is 12.4. The Labute approximate surface area is 98.7 Å². The molecule has 4 heteroatoms. The third kappa shape index (κ3) is 7.65. The first-order valence-electron chi connectivity index (χ1n) is 6.12. The van der Waals surface area contributed by atoms with Crippen LogP contribution in [0.3, 0.4) is 0 Å². The first kappa shape index (κ1) is 15.4. The fraction of sp³-hybridized carbons (Fsp3) is 0.917. The molecule has 0 amide bonds. The molecule has 0 rings (SSSR count). The van der Waals surface area contributed by atoms with Crippen LogP contribution in [0, 0.1) is 0 Å². The van der Waals surface area contributed by atoms with E-state index in [1.165, 1.54) is 0 Å². The third-order valence-corrected chi connectivity index (χ3v) is 2.03. The lowest BCUT2D eigenvalue weighted by molar-refractivity contribution is -0.147. The van der Waals surface area contributed by atoms with Gasteiger partial charge in [-0.2, -0.15) is 0 Å². The SMILES string of the molecule is CCCCOCC(NC(C)C)C(=O)OCC. The number of nitrogens with one attached hydrogen (secondary N) is 1. The zero-order valence-electron chi connectivity index (χ0n) is 10.9. The molecule has 0 aromatic carbocycles. The lowest BCUT2D eigenvalue weighted by Gasteiger charge is -2.19. The Morgan fingerprint density at radius 3 is 2.50 bits per heavy atom. The maximum Gasteiger partial charge on any atom is 0.325 e. The molecule has 1 unspecified atom stereocenters. The molecule has 0 heterocycles. The Bertz CT molecular complexity index is 183. The normalized spacial score (nSPS) is 12.8. The number of carbonyl (C=O) groups is 1. The number of ether oxygens (including phenoxy) is 2. The number of rotatable bonds is 9. The van der Waals surface area contributed by atoms with Gasteiger partial charge in [-0.15, -0.1) is 0 Å². The number of hydrogen-bond acceptors (Lipinski definition) is 4. The first-order chi connectivity index (χ1) is 7.61. The van der Waals surface area contributed by atoms with Gasteiger partial charge in [-0.3, -0.25) is 4.79 Å². The largest absolute Gasteiger partial charge is 0.465 e. The number of carbonyl (C=O) groups excluding carboxylic acids is 1. The van der Waals surface area contributed by atoms with Crippen LogP contribution in [0.2, 0.25) is 0 Å². The molecular formula is C12H25NO3. The summed E-state index contributed by atoms with van der Waals surface area (Å²) in [6.07, 6.45) is 2.12. The molecule has 0 saturated heterocycles. The predicted molar refractivity (Wildman–Crippen MR) is 64.4 cm³/mol. The van der Waals surface area contributed by atoms with Crippen molar-refractivity contribution in [2.24, 2.45) is 0 Å². The van der Waals surface area contributed by atoms with Crippen molar-refractivity contribution in [1.82, 2.24) is 5.32 Å². The summed E-state index contributed by atoms with van der Waals surface area (Å²) in [5.74, 6) is -0.229. The van der Waals surface area contributed by atoms with Crippen LogP contribution in [-0.2, 0) is 14.3 Å². The van der Waals surface area contributed by atoms with E-state index >= 15 is 0 Å². The molecule has 0 aromatic rings. The van der Waals surface area contributed by atoms with Crippen molar-refractivity contribution in [2.45, 2.75) is 52.6 Å². The summed E-state index contributed by atoms with van der Waals surface area (Å²) in [5, 5.41) is 3.14. The van der Waals surface area contributed by atoms with Crippen LogP contribution in [-0.4, -0.2) is 37.9 Å². The molecule has 0 aliphatic carbocycles. The van der Waals surface area contributed by atoms with Gasteiger partial charge >= 0.3 is 5.97 Å². The van der Waals surface area contributed by atoms with Gasteiger partial charge in [-0.25, -0.2) is 0 Å². The van der Waals surface area contributed by atoms with E-state index in [2.05, 4.69) is 12.2 Å². The van der Waals surface area contributed by atoms with Crippen LogP contribution < -0.4 is 5.32 Å². The summed E-state index contributed by atoms with van der Waals surface area (Å²) in [4.78, 5) is 11.6. The second-order valence-electron chi connectivity index (χ2n) is 4.05. The van der Waals surface area contributed by atoms with Crippen LogP contribution in [0.4, 0.5) is 0 Å². The molecule has 0 aromatic heterocycles. The van der Waals surface area contributed by atoms with E-state index in [0.717, 1.165) is 12.8 Å². The van der Waals surface area contributed by atoms with Crippen molar-refractivity contribution in [1.29, 1.82) is 0 Å². The first-order valence-corrected chi connectivity index (χ1v) is 6.12. The lowest BCUT2D eigenvalue weighted by Crippen LogP contribution is -2.45. The summed E-state index contributed by atoms with van der Waals surface area (Å²) in [7, 11) is 0. The van der Waals surface area contributed by atoms with Gasteiger partial charge in [-0.1, -0.05) is 27.2 Å². The van der Waals surface area contributed by atoms with Gasteiger partial charge < -0.3 is 14.8 Å². The maximum atomic E-state index is 11.6. The molecule has 0 radical (unpaired) electrons. The minimum absolute atomic E-state index is 0.229. The van der Waals surface area contributed by atoms with Crippen LogP contribution in [0.1, 0.15) is 40.5 Å². The van der Waals surface area contributed by atoms with Gasteiger partial charge in [0, 0.05) is 12.6 Å². The van der Waals surface area contributed by atoms with Crippen molar-refractivity contribution in [3.05, 3.63) is 0 Å². The smallest absolute Gasteiger partial charge is 0.325 e. The molecule has 0 saturated carbocycles. The number of hydrogen-bond donors (Lipinski definition) is 1. The van der Waals surface area contributed by atoms with Gasteiger partial charge in [0.2, 0.25) is 0 Å². The van der Waals surface area contributed by atoms with Gasteiger partial charge in [0.15, 0.2) is 0 Å². The Morgan fingerprint density at radius 2 is 2.00 bits per heavy atom. The highest BCUT2D eigenvalue weighted by atomic mass is 16.5. The lowest BCUT2D eigenvalue weighted by atomic mass is 10.2. The summed E-state index contributed by atoms with van der Waals surface area (Å²) in [6.45, 7) is 9.41. The fourth-order valence-corrected chi connectivity index (χ4v) is 1.28. The monoisotopic (exact) mass is 231 g/mol. The van der Waals surface area contributed by atoms with Gasteiger partial charge in [0.1, 0.15) is 6.04 Å². The minimum atomic E-state index is -0.350. The van der Waals surface area contributed by atoms with E-state index in [9.17, 15) is 4.79 Å². The van der Waals surface area contributed by atoms with Gasteiger partial charge in [0.25, 0.3) is 0 Å². The Kier molecular flexibility index (Phi) is 9.24. The Balaban J connectivity index is 3.94. The second kappa shape index (κ2) is 9.60. The molecule has 0 aliphatic rings. The van der Waals surface area contributed by atoms with Crippen molar-refractivity contribution >= 4 is 5.97 Å². The summed E-state index contributed by atoms with van der Waals surface area (Å²) in [5.41, 5.74) is 0. The van der Waals surface area contributed by atoms with Crippen molar-refractivity contribution in [3.63, 3.8) is 0 Å². The maximum absolute atomic E-state index is 11.6. The van der Waals surface area contributed by atoms with Crippen LogP contribution >= 0.6 is 0 Å². The van der Waals surface area contributed by atoms with Gasteiger partial charge in [-0.05, 0) is 13.3 Å². The molecule has 16 heavy (non-hydrogen) atoms. The highest BCUT2D eigenvalue weighted by Crippen LogP contribution is 1.96. The molecular weight excluding hydrogens is 206 g/mol. The predicted octanol–water partition coefficient (Wildman–Crippen LogP) is 1.73. The average molecular weight is 231 g/mol. The van der Waals surface area contributed by atoms with Gasteiger partial charge in [0.05, 0.1) is 13.2 Å². The van der Waals surface area contributed by atoms with E-state index in [0.29, 0.717) is 19.8 Å². The van der Waals surface area contributed by atoms with Crippen LogP contribution in [0.5, 0.6) is 0 Å². The molecule has 0 spiro atoms. The second-order valence-corrected chi connectivity index (χ2v) is 4.05. The highest BCUT2D eigenvalue weighted by Gasteiger charge is 2.20. The molecule has 1 N–H and O–H groups in total. The zero-order valence-corrected chi connectivity index (χ0v) is 10.9. The third-order valence-electron chi connectivity index (χ3n) is 2.03. The van der Waals surface area contributed by atoms with E-state index in [1.807, 2.05) is 20.8 Å². The summed E-state index contributed by atoms with van der Waals surface area (Å²) in [6, 6.07) is -0.110. The van der Waals surface area contributed by atoms with Crippen molar-refractivity contribution in [2.75, 3.05) is 19.8 Å². The topological polar surface area (TPSA) is 47.6 Å². The van der Waals surface area contributed by atoms with Crippen molar-refractivity contribution in [3.8, 4) is 0 Å². The van der Waals surface area contributed by atoms with Crippen molar-refractivity contribution < 1.29 is 14.3 Å². The van der Waals surface area contributed by atoms with E-state index < -0.39 is 0 Å². The summed E-state index contributed by atoms with van der Waals surface area (Å²) >= 11 is 0. The molecule has 96 valence electrons. The van der Waals surface area contributed by atoms with Crippen LogP contribution in [0.15, 0.2) is 0 Å². The van der Waals surface area contributed by atoms with E-state index in [1.54, 1.807) is 0 Å². The van der Waals surface area contributed by atoms with E-state index in [-0.39, 0.29) is 18.1 Å². The summed E-state index contributed by atoms with van der Waals surface area (Å²) < 4.78 is 10.4. The standard InChI is InChI=1S/C12H25NO3/c1-5-7-8-15-9-11(13-10(3)4)12(14)16-6-2/h10-11,13H,5-9H2,1-4H3. The minimum Gasteiger partial charge on any atom is -0.465 e. The Hall–Kier alpha value is -0.610. The quantitative estimate of drug-likeness (QED) is 0.485. The average Bonchev–Trinajstić information content (AvgIpc) is 2.22. The number of esters is 1. The highest BCUT2D eigenvalue weighted by molar-refractivity contribution is 5.75. The molecule has 0 aliphatic heterocycles. The Morgan fingerprint density at radius 1 is 1.31 bits per heavy atom. The number of unbranched alkanes of at least 4 members (excludes halogenated alkanes) is 1.